The second-order valence-electron chi connectivity index (χ2n) is 4.55. The molecule has 0 aromatic heterocycles. The van der Waals surface area contributed by atoms with E-state index in [1.165, 1.54) is 0 Å². The van der Waals surface area contributed by atoms with E-state index in [4.69, 9.17) is 15.2 Å². The summed E-state index contributed by atoms with van der Waals surface area (Å²) < 4.78 is 11.0. The van der Waals surface area contributed by atoms with Gasteiger partial charge in [0.05, 0.1) is 19.1 Å². The van der Waals surface area contributed by atoms with Crippen molar-refractivity contribution in [3.8, 4) is 11.5 Å². The molecule has 1 atom stereocenters. The van der Waals surface area contributed by atoms with Crippen LogP contribution in [0, 0.1) is 0 Å². The molecule has 0 amide bonds. The van der Waals surface area contributed by atoms with Gasteiger partial charge in [0.1, 0.15) is 17.1 Å². The van der Waals surface area contributed by atoms with Crippen molar-refractivity contribution in [1.29, 1.82) is 0 Å². The average molecular weight is 235 g/mol. The number of carbonyl (C=O) groups excluding carboxylic acids is 1. The lowest BCUT2D eigenvalue weighted by Gasteiger charge is -2.34. The molecule has 0 aliphatic carbocycles. The molecule has 1 aromatic carbocycles. The molecule has 0 fully saturated rings. The first-order valence-electron chi connectivity index (χ1n) is 5.68. The Morgan fingerprint density at radius 3 is 2.94 bits per heavy atom. The molecule has 0 saturated carbocycles. The van der Waals surface area contributed by atoms with E-state index in [9.17, 15) is 4.79 Å². The summed E-state index contributed by atoms with van der Waals surface area (Å²) in [6, 6.07) is 5.29. The van der Waals surface area contributed by atoms with Gasteiger partial charge in [-0.1, -0.05) is 0 Å². The number of benzene rings is 1. The van der Waals surface area contributed by atoms with E-state index in [1.54, 1.807) is 25.3 Å². The van der Waals surface area contributed by atoms with Gasteiger partial charge in [-0.25, -0.2) is 0 Å². The third-order valence-corrected chi connectivity index (χ3v) is 3.05. The van der Waals surface area contributed by atoms with Gasteiger partial charge in [-0.05, 0) is 38.1 Å². The first kappa shape index (κ1) is 11.9. The molecule has 0 radical (unpaired) electrons. The monoisotopic (exact) mass is 235 g/mol. The van der Waals surface area contributed by atoms with Gasteiger partial charge in [-0.3, -0.25) is 4.79 Å². The molecule has 0 spiro atoms. The van der Waals surface area contributed by atoms with Crippen molar-refractivity contribution in [1.82, 2.24) is 0 Å². The number of rotatable bonds is 3. The minimum Gasteiger partial charge on any atom is -0.497 e. The largest absolute Gasteiger partial charge is 0.497 e. The number of Topliss-reactive ketones (excluding diaryl/α,β-unsaturated/α-hetero) is 1. The van der Waals surface area contributed by atoms with Gasteiger partial charge in [-0.15, -0.1) is 0 Å². The molecule has 2 N–H and O–H groups in total. The lowest BCUT2D eigenvalue weighted by Crippen LogP contribution is -2.40. The Bertz CT molecular complexity index is 444. The molecule has 4 heteroatoms. The summed E-state index contributed by atoms with van der Waals surface area (Å²) in [6.45, 7) is 2.43. The van der Waals surface area contributed by atoms with Crippen molar-refractivity contribution >= 4 is 5.78 Å². The van der Waals surface area contributed by atoms with Gasteiger partial charge in [0, 0.05) is 0 Å². The molecular weight excluding hydrogens is 218 g/mol. The van der Waals surface area contributed by atoms with Crippen LogP contribution in [-0.2, 0) is 0 Å². The van der Waals surface area contributed by atoms with E-state index in [1.807, 2.05) is 6.92 Å². The van der Waals surface area contributed by atoms with E-state index in [2.05, 4.69) is 0 Å². The zero-order chi connectivity index (χ0) is 12.5. The van der Waals surface area contributed by atoms with E-state index in [0.717, 1.165) is 0 Å². The highest BCUT2D eigenvalue weighted by atomic mass is 16.5. The molecule has 0 saturated heterocycles. The Morgan fingerprint density at radius 1 is 1.53 bits per heavy atom. The molecule has 17 heavy (non-hydrogen) atoms. The summed E-state index contributed by atoms with van der Waals surface area (Å²) in [4.78, 5) is 12.1. The van der Waals surface area contributed by atoms with Gasteiger partial charge >= 0.3 is 0 Å². The number of ketones is 1. The molecule has 1 aromatic rings. The smallest absolute Gasteiger partial charge is 0.170 e. The first-order chi connectivity index (χ1) is 8.08. The van der Waals surface area contributed by atoms with Gasteiger partial charge in [0.25, 0.3) is 0 Å². The number of ether oxygens (including phenoxy) is 2. The van der Waals surface area contributed by atoms with Crippen molar-refractivity contribution in [2.75, 3.05) is 13.7 Å². The highest BCUT2D eigenvalue weighted by molar-refractivity contribution is 6.00. The third-order valence-electron chi connectivity index (χ3n) is 3.05. The average Bonchev–Trinajstić information content (AvgIpc) is 2.28. The number of hydrogen-bond donors (Lipinski definition) is 1. The lowest BCUT2D eigenvalue weighted by molar-refractivity contribution is 0.0484. The summed E-state index contributed by atoms with van der Waals surface area (Å²) in [6.07, 6.45) is 1.04. The Hall–Kier alpha value is -1.55. The highest BCUT2D eigenvalue weighted by Crippen LogP contribution is 2.36. The number of nitrogens with two attached hydrogens (primary N) is 1. The van der Waals surface area contributed by atoms with E-state index >= 15 is 0 Å². The van der Waals surface area contributed by atoms with Crippen molar-refractivity contribution in [3.05, 3.63) is 23.8 Å². The van der Waals surface area contributed by atoms with Crippen LogP contribution in [0.1, 0.15) is 30.1 Å². The lowest BCUT2D eigenvalue weighted by atomic mass is 9.89. The molecule has 4 nitrogen and oxygen atoms in total. The quantitative estimate of drug-likeness (QED) is 0.867. The Kier molecular flexibility index (Phi) is 3.07. The van der Waals surface area contributed by atoms with Crippen LogP contribution in [-0.4, -0.2) is 25.0 Å². The van der Waals surface area contributed by atoms with Crippen LogP contribution in [0.3, 0.4) is 0 Å². The van der Waals surface area contributed by atoms with E-state index < -0.39 is 5.60 Å². The molecule has 1 aliphatic heterocycles. The second kappa shape index (κ2) is 4.37. The van der Waals surface area contributed by atoms with Gasteiger partial charge in [0.15, 0.2) is 5.78 Å². The summed E-state index contributed by atoms with van der Waals surface area (Å²) in [5.41, 5.74) is 5.66. The number of carbonyl (C=O) groups is 1. The Labute approximate surface area is 101 Å². The molecule has 1 aliphatic rings. The van der Waals surface area contributed by atoms with Crippen LogP contribution in [0.2, 0.25) is 0 Å². The van der Waals surface area contributed by atoms with Crippen molar-refractivity contribution in [3.63, 3.8) is 0 Å². The maximum atomic E-state index is 12.1. The Morgan fingerprint density at radius 2 is 2.29 bits per heavy atom. The fourth-order valence-electron chi connectivity index (χ4n) is 2.12. The summed E-state index contributed by atoms with van der Waals surface area (Å²) >= 11 is 0. The topological polar surface area (TPSA) is 61.5 Å². The molecule has 1 heterocycles. The fourth-order valence-corrected chi connectivity index (χ4v) is 2.12. The maximum Gasteiger partial charge on any atom is 0.170 e. The van der Waals surface area contributed by atoms with Crippen LogP contribution in [0.5, 0.6) is 11.5 Å². The third kappa shape index (κ3) is 2.26. The van der Waals surface area contributed by atoms with Crippen LogP contribution >= 0.6 is 0 Å². The van der Waals surface area contributed by atoms with Crippen LogP contribution in [0.15, 0.2) is 18.2 Å². The zero-order valence-electron chi connectivity index (χ0n) is 10.2. The minimum absolute atomic E-state index is 0.0844. The molecule has 1 unspecified atom stereocenters. The fraction of sp³-hybridized carbons (Fsp3) is 0.462. The van der Waals surface area contributed by atoms with Crippen LogP contribution in [0.4, 0.5) is 0 Å². The van der Waals surface area contributed by atoms with Gasteiger partial charge in [0.2, 0.25) is 0 Å². The van der Waals surface area contributed by atoms with E-state index in [-0.39, 0.29) is 5.78 Å². The van der Waals surface area contributed by atoms with Crippen LogP contribution in [0.25, 0.3) is 0 Å². The normalized spacial score (nSPS) is 22.9. The van der Waals surface area contributed by atoms with E-state index in [0.29, 0.717) is 36.4 Å². The molecular formula is C13H17NO3. The summed E-state index contributed by atoms with van der Waals surface area (Å²) in [5.74, 6) is 1.38. The van der Waals surface area contributed by atoms with Crippen molar-refractivity contribution < 1.29 is 14.3 Å². The predicted molar refractivity (Wildman–Crippen MR) is 64.6 cm³/mol. The second-order valence-corrected chi connectivity index (χ2v) is 4.55. The minimum atomic E-state index is -0.479. The Balaban J connectivity index is 2.35. The van der Waals surface area contributed by atoms with Crippen molar-refractivity contribution in [2.24, 2.45) is 5.73 Å². The maximum absolute atomic E-state index is 12.1. The summed E-state index contributed by atoms with van der Waals surface area (Å²) in [7, 11) is 1.58. The summed E-state index contributed by atoms with van der Waals surface area (Å²) in [5, 5.41) is 0. The number of fused-ring (bicyclic) bond motifs is 1. The molecule has 0 bridgehead atoms. The van der Waals surface area contributed by atoms with Gasteiger partial charge < -0.3 is 15.2 Å². The highest BCUT2D eigenvalue weighted by Gasteiger charge is 2.35. The van der Waals surface area contributed by atoms with Crippen molar-refractivity contribution in [2.45, 2.75) is 25.4 Å². The molecule has 92 valence electrons. The number of methoxy groups -OCH3 is 1. The SMILES string of the molecule is COc1ccc2c(c1)C(=O)CC(C)(CCN)O2. The predicted octanol–water partition coefficient (Wildman–Crippen LogP) is 1.77. The van der Waals surface area contributed by atoms with Gasteiger partial charge in [-0.2, -0.15) is 0 Å². The standard InChI is InChI=1S/C13H17NO3/c1-13(5-6-14)8-11(15)10-7-9(16-2)3-4-12(10)17-13/h3-4,7H,5-6,8,14H2,1-2H3. The number of hydrogen-bond acceptors (Lipinski definition) is 4. The molecule has 2 rings (SSSR count). The first-order valence-corrected chi connectivity index (χ1v) is 5.68. The van der Waals surface area contributed by atoms with Crippen LogP contribution < -0.4 is 15.2 Å². The zero-order valence-corrected chi connectivity index (χ0v) is 10.2.